The van der Waals surface area contributed by atoms with Crippen molar-refractivity contribution >= 4 is 34.1 Å². The first kappa shape index (κ1) is 20.3. The minimum atomic E-state index is -0.519. The molecule has 1 aliphatic rings. The summed E-state index contributed by atoms with van der Waals surface area (Å²) in [5.41, 5.74) is 2.27. The third kappa shape index (κ3) is 3.52. The lowest BCUT2D eigenvalue weighted by molar-refractivity contribution is -0.119. The van der Waals surface area contributed by atoms with Crippen LogP contribution in [0.3, 0.4) is 0 Å². The molecule has 0 saturated carbocycles. The number of rotatable bonds is 4. The molecule has 3 aromatic carbocycles. The highest BCUT2D eigenvalue weighted by Gasteiger charge is 2.25. The molecule has 0 bridgehead atoms. The van der Waals surface area contributed by atoms with Gasteiger partial charge in [0.05, 0.1) is 17.4 Å². The van der Waals surface area contributed by atoms with E-state index in [2.05, 4.69) is 0 Å². The van der Waals surface area contributed by atoms with Crippen LogP contribution in [-0.2, 0) is 24.3 Å². The smallest absolute Gasteiger partial charge is 0.310 e. The van der Waals surface area contributed by atoms with Gasteiger partial charge in [0.15, 0.2) is 0 Å². The lowest BCUT2D eigenvalue weighted by atomic mass is 10.2. The Kier molecular flexibility index (Phi) is 5.15. The Hall–Kier alpha value is -3.64. The average Bonchev–Trinajstić information content (AvgIpc) is 3.24. The number of benzene rings is 3. The molecule has 0 atom stereocenters. The first-order chi connectivity index (χ1) is 15.5. The third-order valence-corrected chi connectivity index (χ3v) is 6.08. The summed E-state index contributed by atoms with van der Waals surface area (Å²) in [6, 6.07) is 21.7. The summed E-state index contributed by atoms with van der Waals surface area (Å²) in [7, 11) is 0. The zero-order chi connectivity index (χ0) is 22.2. The molecule has 4 aromatic rings. The number of carbonyl (C=O) groups is 1. The Morgan fingerprint density at radius 3 is 2.53 bits per heavy atom. The molecule has 0 saturated heterocycles. The molecule has 7 heteroatoms. The van der Waals surface area contributed by atoms with Crippen molar-refractivity contribution in [1.29, 1.82) is 0 Å². The summed E-state index contributed by atoms with van der Waals surface area (Å²) in [5, 5.41) is 0.920. The third-order valence-electron chi connectivity index (χ3n) is 5.84. The van der Waals surface area contributed by atoms with Crippen LogP contribution < -0.4 is 16.1 Å². The van der Waals surface area contributed by atoms with Gasteiger partial charge < -0.3 is 4.90 Å². The number of carbonyl (C=O) groups excluding carboxylic acids is 1. The molecule has 0 radical (unpaired) electrons. The van der Waals surface area contributed by atoms with Crippen LogP contribution >= 0.6 is 11.6 Å². The number of fused-ring (bicyclic) bond motifs is 2. The summed E-state index contributed by atoms with van der Waals surface area (Å²) in [6.45, 7) is 0.500. The van der Waals surface area contributed by atoms with E-state index in [0.29, 0.717) is 22.5 Å². The van der Waals surface area contributed by atoms with Crippen molar-refractivity contribution in [2.75, 3.05) is 11.4 Å². The van der Waals surface area contributed by atoms with E-state index in [-0.39, 0.29) is 24.6 Å². The van der Waals surface area contributed by atoms with Gasteiger partial charge in [-0.15, -0.1) is 0 Å². The second-order valence-corrected chi connectivity index (χ2v) is 8.27. The Morgan fingerprint density at radius 2 is 1.69 bits per heavy atom. The normalized spacial score (nSPS) is 12.8. The van der Waals surface area contributed by atoms with E-state index >= 15 is 0 Å². The van der Waals surface area contributed by atoms with E-state index in [9.17, 15) is 14.4 Å². The van der Waals surface area contributed by atoms with Gasteiger partial charge in [-0.3, -0.25) is 18.7 Å². The van der Waals surface area contributed by atoms with Crippen LogP contribution in [0.25, 0.3) is 10.9 Å². The van der Waals surface area contributed by atoms with Gasteiger partial charge in [-0.2, -0.15) is 0 Å². The van der Waals surface area contributed by atoms with Gasteiger partial charge in [0.2, 0.25) is 5.91 Å². The number of halogens is 1. The molecule has 1 amide bonds. The molecule has 2 heterocycles. The number of hydrogen-bond acceptors (Lipinski definition) is 3. The minimum Gasteiger partial charge on any atom is -0.310 e. The van der Waals surface area contributed by atoms with Crippen LogP contribution in [0.1, 0.15) is 11.1 Å². The van der Waals surface area contributed by atoms with E-state index in [0.717, 1.165) is 23.2 Å². The Bertz CT molecular complexity index is 1470. The molecule has 0 aliphatic carbocycles. The molecule has 6 nitrogen and oxygen atoms in total. The van der Waals surface area contributed by atoms with Gasteiger partial charge in [-0.25, -0.2) is 4.79 Å². The summed E-state index contributed by atoms with van der Waals surface area (Å²) in [6.07, 6.45) is 0.784. The lowest BCUT2D eigenvalue weighted by Crippen LogP contribution is -2.43. The fourth-order valence-electron chi connectivity index (χ4n) is 4.30. The molecule has 32 heavy (non-hydrogen) atoms. The van der Waals surface area contributed by atoms with Crippen LogP contribution in [0.2, 0.25) is 5.02 Å². The van der Waals surface area contributed by atoms with Crippen LogP contribution in [0.5, 0.6) is 0 Å². The van der Waals surface area contributed by atoms with Crippen LogP contribution in [0.4, 0.5) is 5.69 Å². The summed E-state index contributed by atoms with van der Waals surface area (Å²) in [5.74, 6) is -0.185. The maximum atomic E-state index is 13.4. The number of nitrogens with zero attached hydrogens (tertiary/aromatic N) is 3. The Labute approximate surface area is 188 Å². The largest absolute Gasteiger partial charge is 0.332 e. The lowest BCUT2D eigenvalue weighted by Gasteiger charge is -2.19. The number of anilines is 1. The molecular formula is C25H20ClN3O3. The molecule has 5 rings (SSSR count). The van der Waals surface area contributed by atoms with E-state index in [1.165, 1.54) is 9.13 Å². The monoisotopic (exact) mass is 445 g/mol. The standard InChI is InChI=1S/C25H20ClN3O3/c26-19-8-5-6-17(14-19)15-29-24(31)20-9-2-4-11-22(20)28(25(29)32)16-23(30)27-13-12-18-7-1-3-10-21(18)27/h1-11,14H,12-13,15-16H2. The van der Waals surface area contributed by atoms with Crippen molar-refractivity contribution in [3.63, 3.8) is 0 Å². The highest BCUT2D eigenvalue weighted by atomic mass is 35.5. The molecular weight excluding hydrogens is 426 g/mol. The van der Waals surface area contributed by atoms with Crippen molar-refractivity contribution in [3.8, 4) is 0 Å². The van der Waals surface area contributed by atoms with Gasteiger partial charge in [0.25, 0.3) is 5.56 Å². The maximum Gasteiger partial charge on any atom is 0.332 e. The number of amides is 1. The van der Waals surface area contributed by atoms with Crippen LogP contribution in [0.15, 0.2) is 82.4 Å². The molecule has 0 N–H and O–H groups in total. The molecule has 1 aliphatic heterocycles. The predicted molar refractivity (Wildman–Crippen MR) is 126 cm³/mol. The maximum absolute atomic E-state index is 13.4. The fourth-order valence-corrected chi connectivity index (χ4v) is 4.51. The predicted octanol–water partition coefficient (Wildman–Crippen LogP) is 3.45. The van der Waals surface area contributed by atoms with Gasteiger partial charge >= 0.3 is 5.69 Å². The Balaban J connectivity index is 1.59. The molecule has 0 unspecified atom stereocenters. The highest BCUT2D eigenvalue weighted by molar-refractivity contribution is 6.30. The topological polar surface area (TPSA) is 64.3 Å². The molecule has 1 aromatic heterocycles. The van der Waals surface area contributed by atoms with E-state index in [1.807, 2.05) is 30.3 Å². The second-order valence-electron chi connectivity index (χ2n) is 7.83. The summed E-state index contributed by atoms with van der Waals surface area (Å²) in [4.78, 5) is 41.5. The van der Waals surface area contributed by atoms with Crippen LogP contribution in [-0.4, -0.2) is 21.6 Å². The van der Waals surface area contributed by atoms with E-state index in [4.69, 9.17) is 11.6 Å². The first-order valence-electron chi connectivity index (χ1n) is 10.4. The minimum absolute atomic E-state index is 0.0732. The van der Waals surface area contributed by atoms with Gasteiger partial charge in [-0.1, -0.05) is 54.1 Å². The zero-order valence-electron chi connectivity index (χ0n) is 17.2. The van der Waals surface area contributed by atoms with E-state index < -0.39 is 5.69 Å². The molecule has 0 spiro atoms. The van der Waals surface area contributed by atoms with Crippen molar-refractivity contribution in [1.82, 2.24) is 9.13 Å². The van der Waals surface area contributed by atoms with Crippen LogP contribution in [0, 0.1) is 0 Å². The SMILES string of the molecule is O=C(Cn1c(=O)n(Cc2cccc(Cl)c2)c(=O)c2ccccc21)N1CCc2ccccc21. The first-order valence-corrected chi connectivity index (χ1v) is 10.8. The number of hydrogen-bond donors (Lipinski definition) is 0. The van der Waals surface area contributed by atoms with Gasteiger partial charge in [0.1, 0.15) is 6.54 Å². The average molecular weight is 446 g/mol. The summed E-state index contributed by atoms with van der Waals surface area (Å²) >= 11 is 6.08. The van der Waals surface area contributed by atoms with Crippen molar-refractivity contribution in [2.45, 2.75) is 19.5 Å². The second kappa shape index (κ2) is 8.13. The van der Waals surface area contributed by atoms with Gasteiger partial charge in [0, 0.05) is 17.3 Å². The Morgan fingerprint density at radius 1 is 0.906 bits per heavy atom. The van der Waals surface area contributed by atoms with Crippen molar-refractivity contribution in [3.05, 3.63) is 110 Å². The summed E-state index contributed by atoms with van der Waals surface area (Å²) < 4.78 is 2.56. The highest BCUT2D eigenvalue weighted by Crippen LogP contribution is 2.27. The fraction of sp³-hybridized carbons (Fsp3) is 0.160. The number of aromatic nitrogens is 2. The van der Waals surface area contributed by atoms with E-state index in [1.54, 1.807) is 47.4 Å². The van der Waals surface area contributed by atoms with Crippen molar-refractivity contribution in [2.24, 2.45) is 0 Å². The van der Waals surface area contributed by atoms with Gasteiger partial charge in [-0.05, 0) is 47.9 Å². The molecule has 160 valence electrons. The zero-order valence-corrected chi connectivity index (χ0v) is 18.0. The number of para-hydroxylation sites is 2. The quantitative estimate of drug-likeness (QED) is 0.483. The van der Waals surface area contributed by atoms with Crippen molar-refractivity contribution < 1.29 is 4.79 Å². The molecule has 0 fully saturated rings.